The second kappa shape index (κ2) is 5.75. The van der Waals surface area contributed by atoms with E-state index in [1.54, 1.807) is 0 Å². The number of hydrogen-bond donors (Lipinski definition) is 0. The SMILES string of the molecule is BrCCCCCn1cc(Br)cn1. The van der Waals surface area contributed by atoms with Crippen LogP contribution in [0.3, 0.4) is 0 Å². The van der Waals surface area contributed by atoms with Gasteiger partial charge in [-0.2, -0.15) is 5.10 Å². The van der Waals surface area contributed by atoms with E-state index in [9.17, 15) is 0 Å². The molecule has 4 heteroatoms. The van der Waals surface area contributed by atoms with Crippen molar-refractivity contribution in [1.82, 2.24) is 9.78 Å². The molecule has 2 nitrogen and oxygen atoms in total. The van der Waals surface area contributed by atoms with Crippen molar-refractivity contribution in [2.75, 3.05) is 5.33 Å². The van der Waals surface area contributed by atoms with Crippen LogP contribution in [0.5, 0.6) is 0 Å². The molecule has 0 unspecified atom stereocenters. The molecule has 0 spiro atoms. The molecule has 0 bridgehead atoms. The van der Waals surface area contributed by atoms with E-state index in [1.807, 2.05) is 17.1 Å². The summed E-state index contributed by atoms with van der Waals surface area (Å²) in [5.74, 6) is 0. The number of nitrogens with zero attached hydrogens (tertiary/aromatic N) is 2. The van der Waals surface area contributed by atoms with Crippen molar-refractivity contribution in [3.63, 3.8) is 0 Å². The largest absolute Gasteiger partial charge is 0.272 e. The van der Waals surface area contributed by atoms with Gasteiger partial charge in [-0.05, 0) is 28.8 Å². The summed E-state index contributed by atoms with van der Waals surface area (Å²) in [6.45, 7) is 1.03. The molecule has 0 N–H and O–H groups in total. The van der Waals surface area contributed by atoms with Gasteiger partial charge in [0.25, 0.3) is 0 Å². The molecule has 0 fully saturated rings. The van der Waals surface area contributed by atoms with Crippen molar-refractivity contribution >= 4 is 31.9 Å². The van der Waals surface area contributed by atoms with Crippen molar-refractivity contribution in [2.24, 2.45) is 0 Å². The number of alkyl halides is 1. The second-order valence-electron chi connectivity index (χ2n) is 2.67. The molecule has 1 heterocycles. The van der Waals surface area contributed by atoms with Crippen molar-refractivity contribution < 1.29 is 0 Å². The van der Waals surface area contributed by atoms with E-state index in [0.717, 1.165) is 16.3 Å². The van der Waals surface area contributed by atoms with Gasteiger partial charge in [0.1, 0.15) is 0 Å². The molecule has 0 amide bonds. The lowest BCUT2D eigenvalue weighted by molar-refractivity contribution is 0.555. The fourth-order valence-electron chi connectivity index (χ4n) is 1.01. The van der Waals surface area contributed by atoms with Gasteiger partial charge in [0.2, 0.25) is 0 Å². The van der Waals surface area contributed by atoms with Crippen LogP contribution in [0.2, 0.25) is 0 Å². The summed E-state index contributed by atoms with van der Waals surface area (Å²) in [7, 11) is 0. The van der Waals surface area contributed by atoms with E-state index in [1.165, 1.54) is 19.3 Å². The van der Waals surface area contributed by atoms with Crippen LogP contribution in [0.1, 0.15) is 19.3 Å². The third kappa shape index (κ3) is 3.72. The Hall–Kier alpha value is 0.170. The third-order valence-electron chi connectivity index (χ3n) is 1.62. The number of aromatic nitrogens is 2. The molecule has 0 aromatic carbocycles. The van der Waals surface area contributed by atoms with Crippen LogP contribution in [0, 0.1) is 0 Å². The maximum Gasteiger partial charge on any atom is 0.0632 e. The van der Waals surface area contributed by atoms with Crippen LogP contribution in [0.4, 0.5) is 0 Å². The van der Waals surface area contributed by atoms with Crippen LogP contribution < -0.4 is 0 Å². The molecule has 12 heavy (non-hydrogen) atoms. The predicted molar refractivity (Wildman–Crippen MR) is 57.6 cm³/mol. The van der Waals surface area contributed by atoms with Crippen LogP contribution in [-0.2, 0) is 6.54 Å². The highest BCUT2D eigenvalue weighted by molar-refractivity contribution is 9.10. The molecule has 0 saturated heterocycles. The Kier molecular flexibility index (Phi) is 4.92. The average Bonchev–Trinajstić information content (AvgIpc) is 2.45. The second-order valence-corrected chi connectivity index (χ2v) is 4.38. The summed E-state index contributed by atoms with van der Waals surface area (Å²) in [6, 6.07) is 0. The number of hydrogen-bond acceptors (Lipinski definition) is 1. The van der Waals surface area contributed by atoms with E-state index < -0.39 is 0 Å². The van der Waals surface area contributed by atoms with Crippen LogP contribution in [0.25, 0.3) is 0 Å². The molecule has 0 atom stereocenters. The van der Waals surface area contributed by atoms with E-state index >= 15 is 0 Å². The summed E-state index contributed by atoms with van der Waals surface area (Å²) in [5.41, 5.74) is 0. The van der Waals surface area contributed by atoms with Crippen molar-refractivity contribution in [1.29, 1.82) is 0 Å². The van der Waals surface area contributed by atoms with E-state index in [4.69, 9.17) is 0 Å². The maximum atomic E-state index is 4.17. The number of aryl methyl sites for hydroxylation is 1. The minimum absolute atomic E-state index is 1.03. The highest BCUT2D eigenvalue weighted by atomic mass is 79.9. The topological polar surface area (TPSA) is 17.8 Å². The van der Waals surface area contributed by atoms with E-state index in [-0.39, 0.29) is 0 Å². The maximum absolute atomic E-state index is 4.17. The van der Waals surface area contributed by atoms with Crippen molar-refractivity contribution in [3.8, 4) is 0 Å². The van der Waals surface area contributed by atoms with Crippen LogP contribution in [-0.4, -0.2) is 15.1 Å². The smallest absolute Gasteiger partial charge is 0.0632 e. The number of halogens is 2. The van der Waals surface area contributed by atoms with Crippen LogP contribution >= 0.6 is 31.9 Å². The summed E-state index contributed by atoms with van der Waals surface area (Å²) < 4.78 is 3.03. The lowest BCUT2D eigenvalue weighted by Crippen LogP contribution is -1.97. The first-order valence-corrected chi connectivity index (χ1v) is 5.98. The molecule has 68 valence electrons. The Balaban J connectivity index is 2.15. The summed E-state index contributed by atoms with van der Waals surface area (Å²) in [4.78, 5) is 0. The highest BCUT2D eigenvalue weighted by Gasteiger charge is 1.94. The summed E-state index contributed by atoms with van der Waals surface area (Å²) in [5, 5.41) is 5.28. The molecule has 1 rings (SSSR count). The number of rotatable bonds is 5. The molecular formula is C8H12Br2N2. The fourth-order valence-corrected chi connectivity index (χ4v) is 1.73. The molecule has 0 aliphatic rings. The molecule has 0 aliphatic heterocycles. The molecule has 1 aromatic heterocycles. The van der Waals surface area contributed by atoms with E-state index in [2.05, 4.69) is 37.0 Å². The van der Waals surface area contributed by atoms with E-state index in [0.29, 0.717) is 0 Å². The Morgan fingerprint density at radius 2 is 2.17 bits per heavy atom. The van der Waals surface area contributed by atoms with Gasteiger partial charge in [0.05, 0.1) is 10.7 Å². The van der Waals surface area contributed by atoms with Crippen molar-refractivity contribution in [3.05, 3.63) is 16.9 Å². The Morgan fingerprint density at radius 1 is 1.33 bits per heavy atom. The van der Waals surface area contributed by atoms with Crippen molar-refractivity contribution in [2.45, 2.75) is 25.8 Å². The van der Waals surface area contributed by atoms with Gasteiger partial charge in [-0.15, -0.1) is 0 Å². The Bertz CT molecular complexity index is 223. The van der Waals surface area contributed by atoms with Gasteiger partial charge >= 0.3 is 0 Å². The van der Waals surface area contributed by atoms with Gasteiger partial charge < -0.3 is 0 Å². The lowest BCUT2D eigenvalue weighted by atomic mass is 10.2. The van der Waals surface area contributed by atoms with Gasteiger partial charge in [-0.3, -0.25) is 4.68 Å². The standard InChI is InChI=1S/C8H12Br2N2/c9-4-2-1-3-5-12-7-8(10)6-11-12/h6-7H,1-5H2. The van der Waals surface area contributed by atoms with Gasteiger partial charge in [0, 0.05) is 18.1 Å². The first-order chi connectivity index (χ1) is 5.83. The first-order valence-electron chi connectivity index (χ1n) is 4.07. The normalized spacial score (nSPS) is 10.5. The quantitative estimate of drug-likeness (QED) is 0.602. The lowest BCUT2D eigenvalue weighted by Gasteiger charge is -1.99. The highest BCUT2D eigenvalue weighted by Crippen LogP contribution is 2.07. The minimum Gasteiger partial charge on any atom is -0.272 e. The monoisotopic (exact) mass is 294 g/mol. The molecular weight excluding hydrogens is 284 g/mol. The van der Waals surface area contributed by atoms with Gasteiger partial charge in [-0.1, -0.05) is 22.4 Å². The Labute approximate surface area is 89.6 Å². The zero-order valence-corrected chi connectivity index (χ0v) is 10.0. The zero-order valence-electron chi connectivity index (χ0n) is 6.84. The van der Waals surface area contributed by atoms with Gasteiger partial charge in [0.15, 0.2) is 0 Å². The first kappa shape index (κ1) is 10.3. The molecule has 0 saturated carbocycles. The minimum atomic E-state index is 1.03. The van der Waals surface area contributed by atoms with Gasteiger partial charge in [-0.25, -0.2) is 0 Å². The van der Waals surface area contributed by atoms with Crippen LogP contribution in [0.15, 0.2) is 16.9 Å². The molecule has 0 aliphatic carbocycles. The zero-order chi connectivity index (χ0) is 8.81. The summed E-state index contributed by atoms with van der Waals surface area (Å²) >= 11 is 6.77. The summed E-state index contributed by atoms with van der Waals surface area (Å²) in [6.07, 6.45) is 7.56. The number of unbranched alkanes of at least 4 members (excludes halogenated alkanes) is 2. The molecule has 1 aromatic rings. The molecule has 0 radical (unpaired) electrons. The average molecular weight is 296 g/mol. The predicted octanol–water partition coefficient (Wildman–Crippen LogP) is 3.21. The Morgan fingerprint density at radius 3 is 2.75 bits per heavy atom. The fraction of sp³-hybridized carbons (Fsp3) is 0.625. The third-order valence-corrected chi connectivity index (χ3v) is 2.59.